The molecule has 142 valence electrons. The predicted octanol–water partition coefficient (Wildman–Crippen LogP) is 2.60. The van der Waals surface area contributed by atoms with E-state index in [0.29, 0.717) is 10.9 Å². The van der Waals surface area contributed by atoms with Crippen LogP contribution in [0.3, 0.4) is 0 Å². The van der Waals surface area contributed by atoms with Gasteiger partial charge in [0.1, 0.15) is 5.75 Å². The van der Waals surface area contributed by atoms with Gasteiger partial charge in [0.2, 0.25) is 0 Å². The number of carbonyl (C=O) groups is 1. The van der Waals surface area contributed by atoms with E-state index in [4.69, 9.17) is 4.74 Å². The lowest BCUT2D eigenvalue weighted by Crippen LogP contribution is -2.37. The van der Waals surface area contributed by atoms with Crippen molar-refractivity contribution in [2.75, 3.05) is 23.5 Å². The number of amides is 1. The number of anilines is 1. The van der Waals surface area contributed by atoms with Gasteiger partial charge in [-0.2, -0.15) is 4.99 Å². The smallest absolute Gasteiger partial charge is 0.253 e. The Labute approximate surface area is 166 Å². The number of hydrogen-bond donors (Lipinski definition) is 0. The number of carbonyl (C=O) groups excluding carboxylic acids is 1. The maximum absolute atomic E-state index is 12.4. The van der Waals surface area contributed by atoms with Crippen LogP contribution in [-0.4, -0.2) is 49.4 Å². The maximum atomic E-state index is 12.4. The van der Waals surface area contributed by atoms with E-state index in [1.165, 1.54) is 23.1 Å². The molecule has 9 heteroatoms. The largest absolute Gasteiger partial charge is 0.497 e. The van der Waals surface area contributed by atoms with Crippen LogP contribution in [0.1, 0.15) is 4.88 Å². The standard InChI is InChI=1S/C18H18N2O4S3/c1-24-13-6-4-12(5-7-13)20-15-10-27(22,23)11-16(15)26-18(20)19-17(21)9-14-3-2-8-25-14/h2-8,15-16H,9-11H2,1H3. The fourth-order valence-electron chi connectivity index (χ4n) is 3.32. The second-order valence-corrected chi connectivity index (χ2v) is 10.8. The molecular formula is C18H18N2O4S3. The van der Waals surface area contributed by atoms with E-state index in [1.54, 1.807) is 7.11 Å². The summed E-state index contributed by atoms with van der Waals surface area (Å²) in [5.41, 5.74) is 0.815. The zero-order valence-electron chi connectivity index (χ0n) is 14.6. The van der Waals surface area contributed by atoms with Gasteiger partial charge in [-0.1, -0.05) is 17.8 Å². The zero-order chi connectivity index (χ0) is 19.0. The van der Waals surface area contributed by atoms with E-state index in [-0.39, 0.29) is 35.1 Å². The van der Waals surface area contributed by atoms with Crippen LogP contribution in [-0.2, 0) is 21.1 Å². The molecule has 1 aromatic heterocycles. The summed E-state index contributed by atoms with van der Waals surface area (Å²) in [6, 6.07) is 11.0. The molecule has 27 heavy (non-hydrogen) atoms. The topological polar surface area (TPSA) is 76.0 Å². The number of thiophene rings is 1. The van der Waals surface area contributed by atoms with Crippen molar-refractivity contribution in [1.82, 2.24) is 0 Å². The SMILES string of the molecule is COc1ccc(N2C(=NC(=O)Cc3cccs3)SC3CS(=O)(=O)CC32)cc1. The summed E-state index contributed by atoms with van der Waals surface area (Å²) in [4.78, 5) is 19.6. The third kappa shape index (κ3) is 3.90. The fourth-order valence-corrected chi connectivity index (χ4v) is 7.94. The normalized spacial score (nSPS) is 24.9. The molecule has 0 spiro atoms. The molecule has 2 aromatic rings. The van der Waals surface area contributed by atoms with Crippen molar-refractivity contribution in [1.29, 1.82) is 0 Å². The minimum Gasteiger partial charge on any atom is -0.497 e. The van der Waals surface area contributed by atoms with Crippen LogP contribution in [0.25, 0.3) is 0 Å². The van der Waals surface area contributed by atoms with Crippen LogP contribution in [0.4, 0.5) is 5.69 Å². The molecule has 0 aliphatic carbocycles. The lowest BCUT2D eigenvalue weighted by molar-refractivity contribution is -0.117. The third-order valence-electron chi connectivity index (χ3n) is 4.54. The first-order chi connectivity index (χ1) is 12.9. The Morgan fingerprint density at radius 3 is 2.70 bits per heavy atom. The number of rotatable bonds is 4. The van der Waals surface area contributed by atoms with Gasteiger partial charge in [0.15, 0.2) is 15.0 Å². The minimum atomic E-state index is -3.08. The number of sulfone groups is 1. The molecule has 0 N–H and O–H groups in total. The second-order valence-electron chi connectivity index (χ2n) is 6.41. The van der Waals surface area contributed by atoms with Gasteiger partial charge >= 0.3 is 0 Å². The van der Waals surface area contributed by atoms with Crippen molar-refractivity contribution in [3.63, 3.8) is 0 Å². The van der Waals surface area contributed by atoms with Crippen molar-refractivity contribution in [3.05, 3.63) is 46.7 Å². The lowest BCUT2D eigenvalue weighted by atomic mass is 10.2. The van der Waals surface area contributed by atoms with E-state index >= 15 is 0 Å². The number of nitrogens with zero attached hydrogens (tertiary/aromatic N) is 2. The Hall–Kier alpha value is -1.84. The maximum Gasteiger partial charge on any atom is 0.253 e. The number of fused-ring (bicyclic) bond motifs is 1. The molecule has 0 radical (unpaired) electrons. The van der Waals surface area contributed by atoms with Crippen molar-refractivity contribution in [2.24, 2.45) is 4.99 Å². The summed E-state index contributed by atoms with van der Waals surface area (Å²) >= 11 is 2.91. The van der Waals surface area contributed by atoms with Crippen LogP contribution >= 0.6 is 23.1 Å². The molecule has 2 saturated heterocycles. The predicted molar refractivity (Wildman–Crippen MR) is 110 cm³/mol. The van der Waals surface area contributed by atoms with Gasteiger partial charge in [-0.3, -0.25) is 4.79 Å². The Morgan fingerprint density at radius 1 is 1.26 bits per heavy atom. The summed E-state index contributed by atoms with van der Waals surface area (Å²) in [6.45, 7) is 0. The quantitative estimate of drug-likeness (QED) is 0.754. The van der Waals surface area contributed by atoms with E-state index in [2.05, 4.69) is 4.99 Å². The number of thioether (sulfide) groups is 1. The van der Waals surface area contributed by atoms with E-state index in [1.807, 2.05) is 46.7 Å². The molecule has 6 nitrogen and oxygen atoms in total. The Balaban J connectivity index is 1.65. The summed E-state index contributed by atoms with van der Waals surface area (Å²) in [7, 11) is -1.48. The molecule has 3 heterocycles. The highest BCUT2D eigenvalue weighted by atomic mass is 32.2. The monoisotopic (exact) mass is 422 g/mol. The summed E-state index contributed by atoms with van der Waals surface area (Å²) in [6.07, 6.45) is 0.256. The van der Waals surface area contributed by atoms with Gasteiger partial charge in [0.05, 0.1) is 31.1 Å². The molecule has 1 amide bonds. The Morgan fingerprint density at radius 2 is 2.04 bits per heavy atom. The summed E-state index contributed by atoms with van der Waals surface area (Å²) in [5.74, 6) is 0.692. The third-order valence-corrected chi connectivity index (χ3v) is 8.63. The molecule has 2 unspecified atom stereocenters. The van der Waals surface area contributed by atoms with Crippen molar-refractivity contribution < 1.29 is 17.9 Å². The molecule has 2 atom stereocenters. The molecule has 0 saturated carbocycles. The number of amidine groups is 1. The van der Waals surface area contributed by atoms with Gasteiger partial charge in [0, 0.05) is 15.8 Å². The van der Waals surface area contributed by atoms with Gasteiger partial charge in [-0.15, -0.1) is 11.3 Å². The van der Waals surface area contributed by atoms with Crippen LogP contribution in [0.15, 0.2) is 46.8 Å². The molecule has 0 bridgehead atoms. The van der Waals surface area contributed by atoms with Gasteiger partial charge in [0.25, 0.3) is 5.91 Å². The molecule has 2 fully saturated rings. The van der Waals surface area contributed by atoms with Crippen molar-refractivity contribution in [2.45, 2.75) is 17.7 Å². The highest BCUT2D eigenvalue weighted by molar-refractivity contribution is 8.16. The van der Waals surface area contributed by atoms with E-state index < -0.39 is 9.84 Å². The lowest BCUT2D eigenvalue weighted by Gasteiger charge is -2.24. The molecule has 1 aromatic carbocycles. The minimum absolute atomic E-state index is 0.0782. The first-order valence-electron chi connectivity index (χ1n) is 8.39. The Bertz CT molecular complexity index is 969. The number of hydrogen-bond acceptors (Lipinski definition) is 6. The van der Waals surface area contributed by atoms with Crippen LogP contribution in [0, 0.1) is 0 Å². The first kappa shape index (κ1) is 18.5. The van der Waals surface area contributed by atoms with Gasteiger partial charge in [-0.25, -0.2) is 8.42 Å². The van der Waals surface area contributed by atoms with Gasteiger partial charge < -0.3 is 9.64 Å². The highest BCUT2D eigenvalue weighted by Gasteiger charge is 2.49. The fraction of sp³-hybridized carbons (Fsp3) is 0.333. The van der Waals surface area contributed by atoms with E-state index in [9.17, 15) is 13.2 Å². The number of ether oxygens (including phenoxy) is 1. The average Bonchev–Trinajstić information content (AvgIpc) is 3.30. The van der Waals surface area contributed by atoms with Crippen LogP contribution < -0.4 is 9.64 Å². The number of benzene rings is 1. The second kappa shape index (κ2) is 7.29. The number of aliphatic imine (C=N–C) groups is 1. The van der Waals surface area contributed by atoms with Crippen molar-refractivity contribution in [3.8, 4) is 5.75 Å². The highest BCUT2D eigenvalue weighted by Crippen LogP contribution is 2.41. The van der Waals surface area contributed by atoms with Crippen LogP contribution in [0.2, 0.25) is 0 Å². The zero-order valence-corrected chi connectivity index (χ0v) is 17.0. The van der Waals surface area contributed by atoms with E-state index in [0.717, 1.165) is 10.6 Å². The van der Waals surface area contributed by atoms with Crippen molar-refractivity contribution >= 4 is 49.7 Å². The number of methoxy groups -OCH3 is 1. The van der Waals surface area contributed by atoms with Gasteiger partial charge in [-0.05, 0) is 35.7 Å². The summed E-state index contributed by atoms with van der Waals surface area (Å²) < 4.78 is 29.4. The Kier molecular flexibility index (Phi) is 5.00. The molecule has 2 aliphatic heterocycles. The average molecular weight is 423 g/mol. The summed E-state index contributed by atoms with van der Waals surface area (Å²) in [5, 5.41) is 2.40. The van der Waals surface area contributed by atoms with Crippen LogP contribution in [0.5, 0.6) is 5.75 Å². The first-order valence-corrected chi connectivity index (χ1v) is 12.0. The molecule has 2 aliphatic rings. The molecule has 4 rings (SSSR count). The molecular weight excluding hydrogens is 404 g/mol.